The Hall–Kier alpha value is -1.85. The van der Waals surface area contributed by atoms with Gasteiger partial charge < -0.3 is 10.4 Å². The fraction of sp³-hybridized carbons (Fsp3) is 0.167. The molecule has 0 atom stereocenters. The van der Waals surface area contributed by atoms with E-state index < -0.39 is 0 Å². The van der Waals surface area contributed by atoms with Crippen molar-refractivity contribution in [3.63, 3.8) is 0 Å². The molecule has 0 unspecified atom stereocenters. The Balaban J connectivity index is 2.92. The molecule has 2 aromatic heterocycles. The normalized spacial score (nSPS) is 10.4. The molecule has 0 radical (unpaired) electrons. The molecule has 2 aromatic rings. The minimum Gasteiger partial charge on any atom is -0.340 e. The molecule has 0 fully saturated rings. The lowest BCUT2D eigenvalue weighted by molar-refractivity contribution is 0.885. The van der Waals surface area contributed by atoms with Crippen molar-refractivity contribution in [1.29, 1.82) is 5.41 Å². The van der Waals surface area contributed by atoms with Crippen LogP contribution in [0, 0.1) is 5.41 Å². The number of fused-ring (bicyclic) bond motifs is 1. The zero-order valence-corrected chi connectivity index (χ0v) is 6.50. The third-order valence-corrected chi connectivity index (χ3v) is 1.63. The Bertz CT molecular complexity index is 452. The standard InChI is InChI=1S/C6H8N6/c1-8-12-3-11-5(7)4-6(12)10-2-9-4/h2-3,7-8H,1H3,(H,9,10). The van der Waals surface area contributed by atoms with E-state index in [0.717, 1.165) is 0 Å². The van der Waals surface area contributed by atoms with Crippen LogP contribution in [0.1, 0.15) is 0 Å². The Kier molecular flexibility index (Phi) is 1.33. The van der Waals surface area contributed by atoms with Crippen molar-refractivity contribution in [1.82, 2.24) is 19.6 Å². The molecule has 0 spiro atoms. The Morgan fingerprint density at radius 1 is 1.58 bits per heavy atom. The highest BCUT2D eigenvalue weighted by Crippen LogP contribution is 1.98. The molecule has 0 bridgehead atoms. The monoisotopic (exact) mass is 164 g/mol. The molecule has 0 saturated heterocycles. The minimum absolute atomic E-state index is 0.203. The summed E-state index contributed by atoms with van der Waals surface area (Å²) in [6.45, 7) is 0. The van der Waals surface area contributed by atoms with Gasteiger partial charge in [0.05, 0.1) is 6.33 Å². The van der Waals surface area contributed by atoms with Gasteiger partial charge in [0.2, 0.25) is 0 Å². The van der Waals surface area contributed by atoms with Gasteiger partial charge >= 0.3 is 0 Å². The maximum Gasteiger partial charge on any atom is 0.181 e. The number of hydrogen-bond acceptors (Lipinski definition) is 4. The summed E-state index contributed by atoms with van der Waals surface area (Å²) in [7, 11) is 1.76. The molecule has 0 aliphatic rings. The molecule has 6 nitrogen and oxygen atoms in total. The number of H-pyrrole nitrogens is 1. The van der Waals surface area contributed by atoms with Crippen molar-refractivity contribution >= 4 is 11.2 Å². The fourth-order valence-electron chi connectivity index (χ4n) is 1.04. The van der Waals surface area contributed by atoms with Gasteiger partial charge in [0, 0.05) is 7.05 Å². The molecule has 0 amide bonds. The topological polar surface area (TPSA) is 82.4 Å². The fourth-order valence-corrected chi connectivity index (χ4v) is 1.04. The van der Waals surface area contributed by atoms with Gasteiger partial charge in [0.1, 0.15) is 11.8 Å². The van der Waals surface area contributed by atoms with E-state index in [1.165, 1.54) is 12.7 Å². The molecule has 0 saturated carbocycles. The Morgan fingerprint density at radius 2 is 2.42 bits per heavy atom. The van der Waals surface area contributed by atoms with Gasteiger partial charge in [-0.1, -0.05) is 0 Å². The largest absolute Gasteiger partial charge is 0.340 e. The second-order valence-corrected chi connectivity index (χ2v) is 2.29. The summed E-state index contributed by atoms with van der Waals surface area (Å²) in [6.07, 6.45) is 3.06. The number of nitrogens with one attached hydrogen (secondary N) is 3. The lowest BCUT2D eigenvalue weighted by atomic mass is 10.5. The van der Waals surface area contributed by atoms with Crippen molar-refractivity contribution in [2.75, 3.05) is 12.5 Å². The van der Waals surface area contributed by atoms with Crippen molar-refractivity contribution in [3.8, 4) is 0 Å². The highest BCUT2D eigenvalue weighted by atomic mass is 15.4. The summed E-state index contributed by atoms with van der Waals surface area (Å²) in [5, 5.41) is 7.43. The van der Waals surface area contributed by atoms with Crippen LogP contribution < -0.4 is 10.9 Å². The summed E-state index contributed by atoms with van der Waals surface area (Å²) in [5.74, 6) is 0. The third-order valence-electron chi connectivity index (χ3n) is 1.63. The number of aromatic amines is 1. The first-order valence-electron chi connectivity index (χ1n) is 3.46. The minimum atomic E-state index is 0.203. The molecule has 62 valence electrons. The maximum atomic E-state index is 7.43. The van der Waals surface area contributed by atoms with E-state index in [2.05, 4.69) is 20.4 Å². The van der Waals surface area contributed by atoms with Gasteiger partial charge in [0.25, 0.3) is 0 Å². The smallest absolute Gasteiger partial charge is 0.181 e. The van der Waals surface area contributed by atoms with Crippen LogP contribution >= 0.6 is 0 Å². The summed E-state index contributed by atoms with van der Waals surface area (Å²) in [4.78, 5) is 10.7. The van der Waals surface area contributed by atoms with Crippen molar-refractivity contribution in [3.05, 3.63) is 18.1 Å². The summed E-state index contributed by atoms with van der Waals surface area (Å²) < 4.78 is 1.64. The van der Waals surface area contributed by atoms with Crippen LogP contribution in [0.2, 0.25) is 0 Å². The lowest BCUT2D eigenvalue weighted by Crippen LogP contribution is -2.17. The molecular formula is C6H8N6. The first kappa shape index (κ1) is 6.84. The van der Waals surface area contributed by atoms with E-state index in [1.54, 1.807) is 11.7 Å². The number of nitrogens with zero attached hydrogens (tertiary/aromatic N) is 3. The number of aromatic nitrogens is 4. The molecule has 3 N–H and O–H groups in total. The summed E-state index contributed by atoms with van der Waals surface area (Å²) in [6, 6.07) is 0. The second-order valence-electron chi connectivity index (χ2n) is 2.29. The predicted molar refractivity (Wildman–Crippen MR) is 43.0 cm³/mol. The SMILES string of the molecule is CNn1cnc(=N)c2[nH]cnc21. The average Bonchev–Trinajstić information content (AvgIpc) is 2.54. The molecule has 0 aliphatic heterocycles. The summed E-state index contributed by atoms with van der Waals surface area (Å²) >= 11 is 0. The van der Waals surface area contributed by atoms with Crippen LogP contribution in [-0.2, 0) is 0 Å². The predicted octanol–water partition coefficient (Wildman–Crippen LogP) is -0.588. The van der Waals surface area contributed by atoms with Crippen LogP contribution in [0.5, 0.6) is 0 Å². The molecule has 0 aromatic carbocycles. The van der Waals surface area contributed by atoms with Crippen LogP contribution in [0.3, 0.4) is 0 Å². The molecule has 2 heterocycles. The van der Waals surface area contributed by atoms with E-state index >= 15 is 0 Å². The van der Waals surface area contributed by atoms with Gasteiger partial charge in [0.15, 0.2) is 11.1 Å². The highest BCUT2D eigenvalue weighted by molar-refractivity contribution is 5.68. The lowest BCUT2D eigenvalue weighted by Gasteiger charge is -2.03. The molecular weight excluding hydrogens is 156 g/mol. The first-order chi connectivity index (χ1) is 5.83. The van der Waals surface area contributed by atoms with E-state index in [0.29, 0.717) is 11.2 Å². The molecule has 0 aliphatic carbocycles. The average molecular weight is 164 g/mol. The molecule has 6 heteroatoms. The second kappa shape index (κ2) is 2.33. The van der Waals surface area contributed by atoms with E-state index in [-0.39, 0.29) is 5.49 Å². The number of imidazole rings is 1. The summed E-state index contributed by atoms with van der Waals surface area (Å²) in [5.41, 5.74) is 4.38. The Morgan fingerprint density at radius 3 is 3.17 bits per heavy atom. The van der Waals surface area contributed by atoms with Gasteiger partial charge in [-0.15, -0.1) is 0 Å². The van der Waals surface area contributed by atoms with E-state index in [4.69, 9.17) is 5.41 Å². The van der Waals surface area contributed by atoms with Gasteiger partial charge in [-0.25, -0.2) is 14.6 Å². The van der Waals surface area contributed by atoms with Crippen LogP contribution in [0.4, 0.5) is 0 Å². The van der Waals surface area contributed by atoms with Crippen LogP contribution in [0.25, 0.3) is 11.2 Å². The van der Waals surface area contributed by atoms with Gasteiger partial charge in [-0.3, -0.25) is 5.41 Å². The van der Waals surface area contributed by atoms with E-state index in [1.807, 2.05) is 0 Å². The zero-order chi connectivity index (χ0) is 8.55. The highest BCUT2D eigenvalue weighted by Gasteiger charge is 2.01. The third kappa shape index (κ3) is 0.777. The van der Waals surface area contributed by atoms with Crippen molar-refractivity contribution in [2.24, 2.45) is 0 Å². The van der Waals surface area contributed by atoms with Crippen molar-refractivity contribution < 1.29 is 0 Å². The van der Waals surface area contributed by atoms with Crippen molar-refractivity contribution in [2.45, 2.75) is 0 Å². The zero-order valence-electron chi connectivity index (χ0n) is 6.50. The quantitative estimate of drug-likeness (QED) is 0.527. The molecule has 2 rings (SSSR count). The number of rotatable bonds is 1. The van der Waals surface area contributed by atoms with Crippen LogP contribution in [-0.4, -0.2) is 26.7 Å². The van der Waals surface area contributed by atoms with E-state index in [9.17, 15) is 0 Å². The van der Waals surface area contributed by atoms with Gasteiger partial charge in [-0.2, -0.15) is 0 Å². The van der Waals surface area contributed by atoms with Gasteiger partial charge in [-0.05, 0) is 0 Å². The first-order valence-corrected chi connectivity index (χ1v) is 3.46. The maximum absolute atomic E-state index is 7.43. The Labute approximate surface area is 67.8 Å². The van der Waals surface area contributed by atoms with Crippen LogP contribution in [0.15, 0.2) is 12.7 Å². The molecule has 12 heavy (non-hydrogen) atoms. The number of hydrogen-bond donors (Lipinski definition) is 3.